The predicted octanol–water partition coefficient (Wildman–Crippen LogP) is 4.74. The fourth-order valence-electron chi connectivity index (χ4n) is 2.72. The van der Waals surface area contributed by atoms with Crippen molar-refractivity contribution in [3.63, 3.8) is 0 Å². The van der Waals surface area contributed by atoms with Gasteiger partial charge < -0.3 is 9.73 Å². The van der Waals surface area contributed by atoms with E-state index < -0.39 is 0 Å². The highest BCUT2D eigenvalue weighted by atomic mass is 32.2. The number of thioether (sulfide) groups is 1. The molecule has 144 valence electrons. The van der Waals surface area contributed by atoms with Gasteiger partial charge in [-0.1, -0.05) is 11.8 Å². The van der Waals surface area contributed by atoms with Crippen LogP contribution in [0.4, 0.5) is 0 Å². The Labute approximate surface area is 174 Å². The van der Waals surface area contributed by atoms with Crippen LogP contribution in [-0.2, 0) is 11.3 Å². The summed E-state index contributed by atoms with van der Waals surface area (Å²) in [7, 11) is 0. The van der Waals surface area contributed by atoms with E-state index in [1.54, 1.807) is 29.0 Å². The van der Waals surface area contributed by atoms with E-state index in [0.717, 1.165) is 31.7 Å². The number of amides is 1. The van der Waals surface area contributed by atoms with Crippen molar-refractivity contribution in [3.8, 4) is 11.5 Å². The van der Waals surface area contributed by atoms with E-state index in [1.807, 2.05) is 24.4 Å². The summed E-state index contributed by atoms with van der Waals surface area (Å²) in [6.07, 6.45) is 1.56. The van der Waals surface area contributed by atoms with Crippen LogP contribution in [0.25, 0.3) is 21.7 Å². The predicted molar refractivity (Wildman–Crippen MR) is 114 cm³/mol. The molecule has 4 aromatic rings. The molecule has 0 aliphatic heterocycles. The van der Waals surface area contributed by atoms with E-state index in [1.165, 1.54) is 22.2 Å². The Kier molecular flexibility index (Phi) is 5.47. The zero-order valence-electron chi connectivity index (χ0n) is 15.6. The van der Waals surface area contributed by atoms with Gasteiger partial charge in [0.25, 0.3) is 0 Å². The number of aryl methyl sites for hydroxylation is 3. The lowest BCUT2D eigenvalue weighted by atomic mass is 10.2. The van der Waals surface area contributed by atoms with E-state index in [0.29, 0.717) is 18.1 Å². The summed E-state index contributed by atoms with van der Waals surface area (Å²) in [6.45, 7) is 6.45. The first kappa shape index (κ1) is 19.1. The van der Waals surface area contributed by atoms with E-state index in [9.17, 15) is 4.79 Å². The third-order valence-corrected chi connectivity index (χ3v) is 7.14. The lowest BCUT2D eigenvalue weighted by molar-refractivity contribution is -0.118. The van der Waals surface area contributed by atoms with Crippen LogP contribution in [-0.4, -0.2) is 26.6 Å². The molecule has 1 amide bonds. The van der Waals surface area contributed by atoms with Crippen LogP contribution >= 0.6 is 34.4 Å². The van der Waals surface area contributed by atoms with Crippen molar-refractivity contribution in [2.45, 2.75) is 32.3 Å². The number of rotatable bonds is 6. The van der Waals surface area contributed by atoms with Gasteiger partial charge >= 0.3 is 0 Å². The first-order valence-corrected chi connectivity index (χ1v) is 11.3. The van der Waals surface area contributed by atoms with Gasteiger partial charge in [-0.25, -0.2) is 15.0 Å². The second-order valence-corrected chi connectivity index (χ2v) is 9.45. The van der Waals surface area contributed by atoms with Gasteiger partial charge in [-0.2, -0.15) is 0 Å². The van der Waals surface area contributed by atoms with Crippen molar-refractivity contribution in [1.82, 2.24) is 20.3 Å². The number of furan rings is 1. The summed E-state index contributed by atoms with van der Waals surface area (Å²) in [5.41, 5.74) is 2.01. The third-order valence-electron chi connectivity index (χ3n) is 4.26. The van der Waals surface area contributed by atoms with Crippen molar-refractivity contribution in [1.29, 1.82) is 0 Å². The van der Waals surface area contributed by atoms with E-state index in [-0.39, 0.29) is 5.91 Å². The minimum absolute atomic E-state index is 0.0659. The minimum Gasteiger partial charge on any atom is -0.458 e. The Morgan fingerprint density at radius 1 is 1.25 bits per heavy atom. The summed E-state index contributed by atoms with van der Waals surface area (Å²) >= 11 is 4.67. The van der Waals surface area contributed by atoms with Crippen LogP contribution in [0.3, 0.4) is 0 Å². The molecule has 0 unspecified atom stereocenters. The first-order valence-electron chi connectivity index (χ1n) is 8.62. The molecule has 6 nitrogen and oxygen atoms in total. The number of thiophene rings is 1. The lowest BCUT2D eigenvalue weighted by Crippen LogP contribution is -2.24. The highest BCUT2D eigenvalue weighted by Gasteiger charge is 2.14. The minimum atomic E-state index is -0.0659. The molecule has 4 heterocycles. The molecule has 0 bridgehead atoms. The molecular weight excluding hydrogens is 412 g/mol. The number of carbonyl (C=O) groups excluding carboxylic acids is 1. The topological polar surface area (TPSA) is 80.9 Å². The van der Waals surface area contributed by atoms with Crippen LogP contribution in [0, 0.1) is 20.8 Å². The number of nitrogens with one attached hydrogen (secondary N) is 1. The summed E-state index contributed by atoms with van der Waals surface area (Å²) in [4.78, 5) is 27.6. The Hall–Kier alpha value is -2.23. The van der Waals surface area contributed by atoms with Crippen LogP contribution in [0.1, 0.15) is 21.2 Å². The summed E-state index contributed by atoms with van der Waals surface area (Å²) in [6, 6.07) is 3.74. The molecule has 0 saturated carbocycles. The van der Waals surface area contributed by atoms with Gasteiger partial charge in [-0.3, -0.25) is 4.79 Å². The summed E-state index contributed by atoms with van der Waals surface area (Å²) in [5.74, 6) is 1.64. The monoisotopic (exact) mass is 430 g/mol. The highest BCUT2D eigenvalue weighted by molar-refractivity contribution is 8.00. The Balaban J connectivity index is 1.35. The first-order chi connectivity index (χ1) is 13.5. The number of nitrogens with zero attached hydrogens (tertiary/aromatic N) is 3. The van der Waals surface area contributed by atoms with Crippen molar-refractivity contribution in [2.75, 3.05) is 5.75 Å². The molecule has 0 fully saturated rings. The molecule has 9 heteroatoms. The van der Waals surface area contributed by atoms with Gasteiger partial charge in [0.2, 0.25) is 5.91 Å². The molecule has 0 atom stereocenters. The maximum atomic E-state index is 12.3. The average molecular weight is 431 g/mol. The largest absolute Gasteiger partial charge is 0.458 e. The molecule has 0 aliphatic carbocycles. The number of carbonyl (C=O) groups is 1. The number of fused-ring (bicyclic) bond motifs is 1. The molecular formula is C19H18N4O2S3. The molecule has 28 heavy (non-hydrogen) atoms. The number of aromatic nitrogens is 3. The second kappa shape index (κ2) is 8.02. The molecule has 4 aromatic heterocycles. The van der Waals surface area contributed by atoms with Crippen molar-refractivity contribution < 1.29 is 9.21 Å². The summed E-state index contributed by atoms with van der Waals surface area (Å²) < 4.78 is 5.78. The van der Waals surface area contributed by atoms with Crippen molar-refractivity contribution in [2.24, 2.45) is 0 Å². The summed E-state index contributed by atoms with van der Waals surface area (Å²) in [5, 5.41) is 7.75. The van der Waals surface area contributed by atoms with Gasteiger partial charge in [0.15, 0.2) is 5.76 Å². The van der Waals surface area contributed by atoms with E-state index in [4.69, 9.17) is 4.42 Å². The average Bonchev–Trinajstić information content (AvgIpc) is 3.38. The zero-order valence-corrected chi connectivity index (χ0v) is 18.1. The molecule has 0 radical (unpaired) electrons. The van der Waals surface area contributed by atoms with Gasteiger partial charge in [0.1, 0.15) is 27.6 Å². The highest BCUT2D eigenvalue weighted by Crippen LogP contribution is 2.34. The van der Waals surface area contributed by atoms with Gasteiger partial charge in [-0.15, -0.1) is 22.7 Å². The Morgan fingerprint density at radius 3 is 2.89 bits per heavy atom. The number of hydrogen-bond donors (Lipinski definition) is 1. The fourth-order valence-corrected chi connectivity index (χ4v) is 5.27. The van der Waals surface area contributed by atoms with Crippen LogP contribution in [0.15, 0.2) is 33.3 Å². The molecule has 0 saturated heterocycles. The quantitative estimate of drug-likeness (QED) is 0.351. The van der Waals surface area contributed by atoms with Gasteiger partial charge in [-0.05, 0) is 38.5 Å². The van der Waals surface area contributed by atoms with Crippen molar-refractivity contribution >= 4 is 50.6 Å². The molecule has 0 aliphatic rings. The molecule has 4 rings (SSSR count). The standard InChI is InChI=1S/C19H18N4O2S3/c1-10-11(2)28-19-17(10)18(21-9-22-19)27-8-16(24)20-6-13-4-5-15(25-13)14-7-26-12(3)23-14/h4-5,7,9H,6,8H2,1-3H3,(H,20,24). The van der Waals surface area contributed by atoms with Gasteiger partial charge in [0, 0.05) is 15.6 Å². The molecule has 0 spiro atoms. The normalized spacial score (nSPS) is 11.2. The van der Waals surface area contributed by atoms with Crippen LogP contribution in [0.2, 0.25) is 0 Å². The smallest absolute Gasteiger partial charge is 0.230 e. The molecule has 0 aromatic carbocycles. The maximum Gasteiger partial charge on any atom is 0.230 e. The zero-order chi connectivity index (χ0) is 19.7. The van der Waals surface area contributed by atoms with Crippen LogP contribution < -0.4 is 5.32 Å². The maximum absolute atomic E-state index is 12.3. The number of hydrogen-bond acceptors (Lipinski definition) is 8. The third kappa shape index (κ3) is 3.96. The van der Waals surface area contributed by atoms with E-state index in [2.05, 4.69) is 34.1 Å². The van der Waals surface area contributed by atoms with Crippen LogP contribution in [0.5, 0.6) is 0 Å². The van der Waals surface area contributed by atoms with E-state index >= 15 is 0 Å². The van der Waals surface area contributed by atoms with Crippen molar-refractivity contribution in [3.05, 3.63) is 45.0 Å². The lowest BCUT2D eigenvalue weighted by Gasteiger charge is -2.04. The second-order valence-electron chi connectivity index (χ2n) is 6.23. The number of thiazole rings is 1. The SMILES string of the molecule is Cc1nc(-c2ccc(CNC(=O)CSc3ncnc4sc(C)c(C)c34)o2)cs1. The molecule has 1 N–H and O–H groups in total. The fraction of sp³-hybridized carbons (Fsp3) is 0.263. The Morgan fingerprint density at radius 2 is 2.11 bits per heavy atom. The Bertz CT molecular complexity index is 1150. The van der Waals surface area contributed by atoms with Gasteiger partial charge in [0.05, 0.1) is 17.3 Å².